The minimum atomic E-state index is 0. The summed E-state index contributed by atoms with van der Waals surface area (Å²) in [6.45, 7) is 4.84. The molecule has 0 aromatic rings. The van der Waals surface area contributed by atoms with Crippen LogP contribution in [-0.4, -0.2) is 11.7 Å². The molecule has 0 saturated carbocycles. The van der Waals surface area contributed by atoms with Gasteiger partial charge in [-0.15, -0.1) is 0 Å². The van der Waals surface area contributed by atoms with Gasteiger partial charge in [-0.05, 0) is 25.2 Å². The molecule has 0 rings (SSSR count). The van der Waals surface area contributed by atoms with Crippen molar-refractivity contribution in [1.82, 2.24) is 6.15 Å². The van der Waals surface area contributed by atoms with Crippen LogP contribution in [0.25, 0.3) is 0 Å². The molecule has 0 aromatic heterocycles. The van der Waals surface area contributed by atoms with Gasteiger partial charge in [0.2, 0.25) is 0 Å². The zero-order valence-corrected chi connectivity index (χ0v) is 16.4. The van der Waals surface area contributed by atoms with Gasteiger partial charge in [0, 0.05) is 6.61 Å². The average Bonchev–Trinajstić information content (AvgIpc) is 2.54. The largest absolute Gasteiger partial charge is 0.396 e. The maximum Gasteiger partial charge on any atom is 0.0436 e. The van der Waals surface area contributed by atoms with Gasteiger partial charge < -0.3 is 11.3 Å². The topological polar surface area (TPSA) is 55.2 Å². The zero-order valence-electron chi connectivity index (χ0n) is 16.4. The summed E-state index contributed by atoms with van der Waals surface area (Å²) in [5, 5.41) is 8.96. The van der Waals surface area contributed by atoms with Crippen molar-refractivity contribution < 1.29 is 5.11 Å². The molecule has 0 fully saturated rings. The van der Waals surface area contributed by atoms with Gasteiger partial charge >= 0.3 is 0 Å². The molecule has 1 radical (unpaired) electrons. The third kappa shape index (κ3) is 19.9. The molecule has 0 aliphatic heterocycles. The Bertz CT molecular complexity index is 196. The molecular formula is C21H46NO. The molecule has 0 bridgehead atoms. The first-order chi connectivity index (χ1) is 10.8. The minimum Gasteiger partial charge on any atom is -0.396 e. The van der Waals surface area contributed by atoms with Crippen LogP contribution in [0.5, 0.6) is 0 Å². The van der Waals surface area contributed by atoms with Gasteiger partial charge in [-0.25, -0.2) is 0 Å². The van der Waals surface area contributed by atoms with Crippen LogP contribution in [-0.2, 0) is 0 Å². The third-order valence-electron chi connectivity index (χ3n) is 4.85. The third-order valence-corrected chi connectivity index (χ3v) is 4.85. The number of rotatable bonds is 18. The number of hydrogen-bond donors (Lipinski definition) is 2. The lowest BCUT2D eigenvalue weighted by Gasteiger charge is -2.11. The van der Waals surface area contributed by atoms with Gasteiger partial charge in [-0.1, -0.05) is 104 Å². The summed E-state index contributed by atoms with van der Waals surface area (Å²) in [6, 6.07) is 0. The molecule has 0 aliphatic rings. The molecule has 0 aliphatic carbocycles. The number of hydrogen-bond acceptors (Lipinski definition) is 2. The van der Waals surface area contributed by atoms with Crippen molar-refractivity contribution in [2.24, 2.45) is 0 Å². The van der Waals surface area contributed by atoms with Gasteiger partial charge in [0.1, 0.15) is 0 Å². The number of aliphatic hydroxyl groups is 1. The Labute approximate surface area is 147 Å². The van der Waals surface area contributed by atoms with Crippen LogP contribution in [0, 0.1) is 5.92 Å². The summed E-state index contributed by atoms with van der Waals surface area (Å²) >= 11 is 0. The smallest absolute Gasteiger partial charge is 0.0436 e. The van der Waals surface area contributed by atoms with Crippen molar-refractivity contribution in [3.63, 3.8) is 0 Å². The molecule has 0 heterocycles. The molecule has 23 heavy (non-hydrogen) atoms. The van der Waals surface area contributed by atoms with Crippen LogP contribution in [0.15, 0.2) is 0 Å². The van der Waals surface area contributed by atoms with Gasteiger partial charge in [0.15, 0.2) is 0 Å². The van der Waals surface area contributed by atoms with E-state index in [0.717, 1.165) is 12.8 Å². The van der Waals surface area contributed by atoms with E-state index in [2.05, 4.69) is 13.8 Å². The van der Waals surface area contributed by atoms with Crippen LogP contribution in [0.4, 0.5) is 0 Å². The fraction of sp³-hybridized carbons (Fsp3) is 0.952. The Balaban J connectivity index is 0. The van der Waals surface area contributed by atoms with Crippen molar-refractivity contribution in [2.45, 2.75) is 123 Å². The first kappa shape index (κ1) is 25.2. The Kier molecular flexibility index (Phi) is 24.0. The molecule has 0 saturated heterocycles. The van der Waals surface area contributed by atoms with Crippen LogP contribution in [0.3, 0.4) is 0 Å². The van der Waals surface area contributed by atoms with E-state index in [-0.39, 0.29) is 6.15 Å². The maximum absolute atomic E-state index is 8.96. The fourth-order valence-corrected chi connectivity index (χ4v) is 3.21. The molecule has 0 aromatic carbocycles. The minimum absolute atomic E-state index is 0. The summed E-state index contributed by atoms with van der Waals surface area (Å²) in [5.41, 5.74) is 0. The van der Waals surface area contributed by atoms with E-state index in [1.807, 2.05) is 0 Å². The van der Waals surface area contributed by atoms with E-state index >= 15 is 0 Å². The van der Waals surface area contributed by atoms with Gasteiger partial charge in [0.05, 0.1) is 0 Å². The first-order valence-electron chi connectivity index (χ1n) is 10.3. The molecule has 0 unspecified atom stereocenters. The van der Waals surface area contributed by atoms with Crippen molar-refractivity contribution >= 4 is 0 Å². The average molecular weight is 329 g/mol. The molecule has 141 valence electrons. The summed E-state index contributed by atoms with van der Waals surface area (Å²) in [4.78, 5) is 0. The van der Waals surface area contributed by atoms with Crippen LogP contribution >= 0.6 is 0 Å². The Morgan fingerprint density at radius 2 is 0.957 bits per heavy atom. The highest BCUT2D eigenvalue weighted by molar-refractivity contribution is 4.87. The molecule has 2 heteroatoms. The fourth-order valence-electron chi connectivity index (χ4n) is 3.21. The monoisotopic (exact) mass is 328 g/mol. The summed E-state index contributed by atoms with van der Waals surface area (Å²) in [5.74, 6) is 1.56. The standard InChI is InChI=1S/C21H43O.H3N/c1-3-5-6-7-8-9-10-11-12-13-14-15-16-17-18-21(4-2)19-20-22;/h22H,3-20H2,1-2H3;1H3. The summed E-state index contributed by atoms with van der Waals surface area (Å²) in [6.07, 6.45) is 23.3. The van der Waals surface area contributed by atoms with Crippen molar-refractivity contribution in [2.75, 3.05) is 6.61 Å². The van der Waals surface area contributed by atoms with Gasteiger partial charge in [0.25, 0.3) is 0 Å². The predicted octanol–water partition coefficient (Wildman–Crippen LogP) is 7.39. The van der Waals surface area contributed by atoms with Crippen molar-refractivity contribution in [3.05, 3.63) is 5.92 Å². The van der Waals surface area contributed by atoms with Crippen molar-refractivity contribution in [3.8, 4) is 0 Å². The second-order valence-corrected chi connectivity index (χ2v) is 6.92. The molecular weight excluding hydrogens is 282 g/mol. The Morgan fingerprint density at radius 1 is 0.565 bits per heavy atom. The lowest BCUT2D eigenvalue weighted by molar-refractivity contribution is 0.287. The number of aliphatic hydroxyl groups excluding tert-OH is 1. The summed E-state index contributed by atoms with van der Waals surface area (Å²) < 4.78 is 0. The second kappa shape index (κ2) is 21.9. The maximum atomic E-state index is 8.96. The Morgan fingerprint density at radius 3 is 1.30 bits per heavy atom. The van der Waals surface area contributed by atoms with E-state index in [1.54, 1.807) is 5.92 Å². The molecule has 0 atom stereocenters. The van der Waals surface area contributed by atoms with Gasteiger partial charge in [-0.2, -0.15) is 0 Å². The second-order valence-electron chi connectivity index (χ2n) is 6.92. The highest BCUT2D eigenvalue weighted by atomic mass is 16.3. The van der Waals surface area contributed by atoms with E-state index in [0.29, 0.717) is 6.61 Å². The van der Waals surface area contributed by atoms with Crippen LogP contribution < -0.4 is 6.15 Å². The van der Waals surface area contributed by atoms with E-state index in [4.69, 9.17) is 5.11 Å². The molecule has 0 amide bonds. The highest BCUT2D eigenvalue weighted by Crippen LogP contribution is 2.20. The van der Waals surface area contributed by atoms with E-state index in [1.165, 1.54) is 96.3 Å². The first-order valence-corrected chi connectivity index (χ1v) is 10.3. The molecule has 0 spiro atoms. The quantitative estimate of drug-likeness (QED) is 0.258. The number of unbranched alkanes of at least 4 members (excludes halogenated alkanes) is 13. The van der Waals surface area contributed by atoms with Crippen LogP contribution in [0.1, 0.15) is 123 Å². The predicted molar refractivity (Wildman–Crippen MR) is 105 cm³/mol. The van der Waals surface area contributed by atoms with E-state index in [9.17, 15) is 0 Å². The highest BCUT2D eigenvalue weighted by Gasteiger charge is 2.05. The molecule has 4 N–H and O–H groups in total. The SMILES string of the molecule is CCCCCCCCCCCCCCCC[C](CC)CCO.N. The van der Waals surface area contributed by atoms with Crippen LogP contribution in [0.2, 0.25) is 0 Å². The van der Waals surface area contributed by atoms with Crippen molar-refractivity contribution in [1.29, 1.82) is 0 Å². The lowest BCUT2D eigenvalue weighted by atomic mass is 9.95. The zero-order chi connectivity index (χ0) is 16.3. The molecule has 2 nitrogen and oxygen atoms in total. The summed E-state index contributed by atoms with van der Waals surface area (Å²) in [7, 11) is 0. The Hall–Kier alpha value is -0.0800. The lowest BCUT2D eigenvalue weighted by Crippen LogP contribution is -1.99. The van der Waals surface area contributed by atoms with E-state index < -0.39 is 0 Å². The normalized spacial score (nSPS) is 11.0. The van der Waals surface area contributed by atoms with Gasteiger partial charge in [-0.3, -0.25) is 0 Å².